The summed E-state index contributed by atoms with van der Waals surface area (Å²) in [5.41, 5.74) is 3.18. The third-order valence-electron chi connectivity index (χ3n) is 4.84. The predicted molar refractivity (Wildman–Crippen MR) is 115 cm³/mol. The smallest absolute Gasteiger partial charge is 0.143 e. The Hall–Kier alpha value is -2.29. The highest BCUT2D eigenvalue weighted by Crippen LogP contribution is 2.37. The zero-order valence-corrected chi connectivity index (χ0v) is 17.4. The molecule has 0 aliphatic carbocycles. The summed E-state index contributed by atoms with van der Waals surface area (Å²) in [5.74, 6) is 0.792. The molecule has 0 saturated carbocycles. The molecule has 5 rings (SSSR count). The minimum atomic E-state index is 0.263. The molecule has 4 aromatic rings. The minimum Gasteiger partial charge on any atom is -0.376 e. The van der Waals surface area contributed by atoms with Crippen LogP contribution in [0.1, 0.15) is 12.8 Å². The molecule has 8 heteroatoms. The summed E-state index contributed by atoms with van der Waals surface area (Å²) in [6.45, 7) is 1.64. The van der Waals surface area contributed by atoms with E-state index < -0.39 is 0 Å². The maximum atomic E-state index is 5.70. The number of hydrogen-bond acceptors (Lipinski definition) is 6. The number of halogens is 1. The molecule has 1 aliphatic heterocycles. The quantitative estimate of drug-likeness (QED) is 0.445. The van der Waals surface area contributed by atoms with Gasteiger partial charge in [-0.25, -0.2) is 9.97 Å². The molecule has 1 atom stereocenters. The lowest BCUT2D eigenvalue weighted by Crippen LogP contribution is -2.15. The summed E-state index contributed by atoms with van der Waals surface area (Å²) in [6.07, 6.45) is 7.92. The van der Waals surface area contributed by atoms with Crippen LogP contribution in [0.25, 0.3) is 21.3 Å². The molecule has 6 nitrogen and oxygen atoms in total. The zero-order valence-electron chi connectivity index (χ0n) is 15.0. The molecule has 1 N–H and O–H groups in total. The summed E-state index contributed by atoms with van der Waals surface area (Å²) in [6, 6.07) is 8.29. The van der Waals surface area contributed by atoms with E-state index in [0.717, 1.165) is 63.3 Å². The summed E-state index contributed by atoms with van der Waals surface area (Å²) in [5, 5.41) is 11.0. The van der Waals surface area contributed by atoms with Gasteiger partial charge < -0.3 is 10.1 Å². The van der Waals surface area contributed by atoms with Crippen LogP contribution < -0.4 is 5.32 Å². The molecule has 0 bridgehead atoms. The van der Waals surface area contributed by atoms with Crippen molar-refractivity contribution in [3.8, 4) is 11.1 Å². The largest absolute Gasteiger partial charge is 0.376 e. The lowest BCUT2D eigenvalue weighted by Gasteiger charge is -2.09. The summed E-state index contributed by atoms with van der Waals surface area (Å²) < 4.78 is 8.69. The molecule has 1 unspecified atom stereocenters. The Morgan fingerprint density at radius 3 is 2.96 bits per heavy atom. The molecule has 142 valence electrons. The highest BCUT2D eigenvalue weighted by Gasteiger charge is 2.17. The van der Waals surface area contributed by atoms with Gasteiger partial charge in [0.05, 0.1) is 29.9 Å². The topological polar surface area (TPSA) is 64.9 Å². The molecule has 1 aromatic carbocycles. The number of nitrogens with zero attached hydrogens (tertiary/aromatic N) is 4. The van der Waals surface area contributed by atoms with Gasteiger partial charge in [-0.05, 0) is 30.5 Å². The van der Waals surface area contributed by atoms with Crippen LogP contribution in [-0.2, 0) is 11.3 Å². The van der Waals surface area contributed by atoms with Gasteiger partial charge in [-0.2, -0.15) is 5.10 Å². The fraction of sp³-hybridized carbons (Fsp3) is 0.250. The molecular formula is C20H18BrN5OS. The Kier molecular flexibility index (Phi) is 4.84. The van der Waals surface area contributed by atoms with Gasteiger partial charge in [0.25, 0.3) is 0 Å². The van der Waals surface area contributed by atoms with Crippen molar-refractivity contribution in [2.45, 2.75) is 25.5 Å². The lowest BCUT2D eigenvalue weighted by molar-refractivity contribution is 0.0940. The van der Waals surface area contributed by atoms with E-state index in [1.165, 1.54) is 0 Å². The second kappa shape index (κ2) is 7.62. The Labute approximate surface area is 174 Å². The number of anilines is 2. The first-order valence-corrected chi connectivity index (χ1v) is 10.8. The van der Waals surface area contributed by atoms with Crippen LogP contribution in [0, 0.1) is 0 Å². The van der Waals surface area contributed by atoms with Crippen molar-refractivity contribution < 1.29 is 4.74 Å². The number of benzene rings is 1. The van der Waals surface area contributed by atoms with Crippen molar-refractivity contribution >= 4 is 49.0 Å². The van der Waals surface area contributed by atoms with E-state index in [0.29, 0.717) is 0 Å². The van der Waals surface area contributed by atoms with Crippen LogP contribution in [-0.4, -0.2) is 32.5 Å². The van der Waals surface area contributed by atoms with Gasteiger partial charge in [-0.3, -0.25) is 4.68 Å². The summed E-state index contributed by atoms with van der Waals surface area (Å²) in [7, 11) is 0. The van der Waals surface area contributed by atoms with E-state index in [1.54, 1.807) is 17.7 Å². The summed E-state index contributed by atoms with van der Waals surface area (Å²) >= 11 is 5.12. The molecule has 28 heavy (non-hydrogen) atoms. The van der Waals surface area contributed by atoms with Gasteiger partial charge in [-0.1, -0.05) is 28.1 Å². The Morgan fingerprint density at radius 1 is 1.25 bits per heavy atom. The average Bonchev–Trinajstić information content (AvgIpc) is 3.45. The monoisotopic (exact) mass is 455 g/mol. The number of hydrogen-bond donors (Lipinski definition) is 1. The van der Waals surface area contributed by atoms with Crippen LogP contribution in [0.3, 0.4) is 0 Å². The third-order valence-corrected chi connectivity index (χ3v) is 6.25. The van der Waals surface area contributed by atoms with Crippen molar-refractivity contribution in [1.29, 1.82) is 0 Å². The Balaban J connectivity index is 1.45. The number of nitrogens with one attached hydrogen (secondary N) is 1. The first-order valence-electron chi connectivity index (χ1n) is 9.15. The van der Waals surface area contributed by atoms with Crippen LogP contribution in [0.4, 0.5) is 11.5 Å². The van der Waals surface area contributed by atoms with Crippen molar-refractivity contribution in [2.75, 3.05) is 11.9 Å². The number of rotatable bonds is 5. The minimum absolute atomic E-state index is 0.263. The van der Waals surface area contributed by atoms with Gasteiger partial charge in [0.15, 0.2) is 0 Å². The Morgan fingerprint density at radius 2 is 2.14 bits per heavy atom. The number of aromatic nitrogens is 4. The highest BCUT2D eigenvalue weighted by atomic mass is 79.9. The highest BCUT2D eigenvalue weighted by molar-refractivity contribution is 9.10. The van der Waals surface area contributed by atoms with Crippen molar-refractivity contribution in [2.24, 2.45) is 0 Å². The number of ether oxygens (including phenoxy) is 1. The first kappa shape index (κ1) is 17.8. The van der Waals surface area contributed by atoms with Gasteiger partial charge in [0.1, 0.15) is 17.0 Å². The van der Waals surface area contributed by atoms with Crippen molar-refractivity contribution in [1.82, 2.24) is 19.7 Å². The Bertz CT molecular complexity index is 1100. The molecular weight excluding hydrogens is 438 g/mol. The molecule has 1 saturated heterocycles. The average molecular weight is 456 g/mol. The van der Waals surface area contributed by atoms with E-state index in [2.05, 4.69) is 53.8 Å². The zero-order chi connectivity index (χ0) is 18.9. The van der Waals surface area contributed by atoms with Crippen molar-refractivity contribution in [3.63, 3.8) is 0 Å². The van der Waals surface area contributed by atoms with E-state index in [-0.39, 0.29) is 6.10 Å². The number of fused-ring (bicyclic) bond motifs is 1. The van der Waals surface area contributed by atoms with Crippen LogP contribution in [0.2, 0.25) is 0 Å². The molecule has 1 fully saturated rings. The van der Waals surface area contributed by atoms with Crippen LogP contribution in [0.15, 0.2) is 52.8 Å². The van der Waals surface area contributed by atoms with Gasteiger partial charge in [0.2, 0.25) is 0 Å². The van der Waals surface area contributed by atoms with E-state index >= 15 is 0 Å². The van der Waals surface area contributed by atoms with E-state index in [9.17, 15) is 0 Å². The lowest BCUT2D eigenvalue weighted by atomic mass is 10.1. The van der Waals surface area contributed by atoms with Gasteiger partial charge in [0, 0.05) is 28.2 Å². The first-order chi connectivity index (χ1) is 13.8. The van der Waals surface area contributed by atoms with Gasteiger partial charge >= 0.3 is 0 Å². The van der Waals surface area contributed by atoms with Crippen LogP contribution >= 0.6 is 27.3 Å². The summed E-state index contributed by atoms with van der Waals surface area (Å²) in [4.78, 5) is 9.91. The van der Waals surface area contributed by atoms with Gasteiger partial charge in [-0.15, -0.1) is 11.3 Å². The maximum absolute atomic E-state index is 5.70. The third kappa shape index (κ3) is 3.55. The van der Waals surface area contributed by atoms with Crippen molar-refractivity contribution in [3.05, 3.63) is 52.8 Å². The molecule has 0 amide bonds. The molecule has 1 aliphatic rings. The van der Waals surface area contributed by atoms with Crippen LogP contribution in [0.5, 0.6) is 0 Å². The maximum Gasteiger partial charge on any atom is 0.143 e. The second-order valence-electron chi connectivity index (χ2n) is 6.77. The van der Waals surface area contributed by atoms with E-state index in [4.69, 9.17) is 4.74 Å². The van der Waals surface area contributed by atoms with E-state index in [1.807, 2.05) is 29.2 Å². The number of thiophene rings is 1. The fourth-order valence-electron chi connectivity index (χ4n) is 3.47. The predicted octanol–water partition coefficient (Wildman–Crippen LogP) is 5.24. The molecule has 3 aromatic heterocycles. The molecule has 0 spiro atoms. The second-order valence-corrected chi connectivity index (χ2v) is 8.54. The fourth-order valence-corrected chi connectivity index (χ4v) is 4.65. The normalized spacial score (nSPS) is 16.7. The molecule has 0 radical (unpaired) electrons. The standard InChI is InChI=1S/C20H18BrN5OS/c21-14-5-3-13(4-6-14)17-11-28-20-18(17)19(22-12-23-20)25-15-8-24-26(9-15)10-16-2-1-7-27-16/h3-6,8-9,11-12,16H,1-2,7,10H2,(H,22,23,25). The SMILES string of the molecule is Brc1ccc(-c2csc3ncnc(Nc4cnn(CC5CCCO5)c4)c23)cc1. The molecule has 4 heterocycles.